The lowest BCUT2D eigenvalue weighted by molar-refractivity contribution is 0.631. The molecule has 0 aliphatic heterocycles. The van der Waals surface area contributed by atoms with Gasteiger partial charge in [-0.2, -0.15) is 0 Å². The molecule has 2 rings (SSSR count). The van der Waals surface area contributed by atoms with Crippen molar-refractivity contribution in [2.75, 3.05) is 6.54 Å². The Morgan fingerprint density at radius 1 is 1.44 bits per heavy atom. The fraction of sp³-hybridized carbons (Fsp3) is 0.308. The molecule has 0 fully saturated rings. The number of nitrogens with zero attached hydrogens (tertiary/aromatic N) is 1. The minimum absolute atomic E-state index is 0.328. The lowest BCUT2D eigenvalue weighted by Gasteiger charge is -2.01. The molecule has 0 saturated heterocycles. The van der Waals surface area contributed by atoms with Crippen molar-refractivity contribution < 1.29 is 4.39 Å². The average molecular weight is 285 g/mol. The van der Waals surface area contributed by atoms with Crippen LogP contribution in [-0.2, 0) is 6.54 Å². The highest BCUT2D eigenvalue weighted by Crippen LogP contribution is 2.34. The molecule has 96 valence electrons. The molecule has 1 aromatic heterocycles. The van der Waals surface area contributed by atoms with Gasteiger partial charge in [-0.3, -0.25) is 0 Å². The molecule has 18 heavy (non-hydrogen) atoms. The maximum absolute atomic E-state index is 13.8. The highest BCUT2D eigenvalue weighted by molar-refractivity contribution is 7.15. The lowest BCUT2D eigenvalue weighted by atomic mass is 10.2. The van der Waals surface area contributed by atoms with Crippen molar-refractivity contribution in [3.63, 3.8) is 0 Å². The molecule has 0 amide bonds. The van der Waals surface area contributed by atoms with Crippen LogP contribution in [0, 0.1) is 12.7 Å². The topological polar surface area (TPSA) is 24.9 Å². The van der Waals surface area contributed by atoms with Crippen molar-refractivity contribution >= 4 is 22.9 Å². The van der Waals surface area contributed by atoms with Crippen molar-refractivity contribution in [2.24, 2.45) is 0 Å². The van der Waals surface area contributed by atoms with Gasteiger partial charge in [-0.25, -0.2) is 9.37 Å². The second-order valence-corrected chi connectivity index (χ2v) is 5.40. The van der Waals surface area contributed by atoms with Crippen LogP contribution in [0.25, 0.3) is 10.6 Å². The predicted octanol–water partition coefficient (Wildman–Crippen LogP) is 4.02. The molecule has 0 bridgehead atoms. The highest BCUT2D eigenvalue weighted by Gasteiger charge is 2.15. The van der Waals surface area contributed by atoms with E-state index in [4.69, 9.17) is 11.6 Å². The van der Waals surface area contributed by atoms with Crippen LogP contribution in [0.5, 0.6) is 0 Å². The number of rotatable bonds is 4. The summed E-state index contributed by atoms with van der Waals surface area (Å²) in [6, 6.07) is 4.68. The van der Waals surface area contributed by atoms with Crippen molar-refractivity contribution in [1.29, 1.82) is 0 Å². The Labute approximate surface area is 115 Å². The Bertz CT molecular complexity index is 534. The molecule has 0 aliphatic carbocycles. The maximum Gasteiger partial charge on any atom is 0.134 e. The lowest BCUT2D eigenvalue weighted by Crippen LogP contribution is -2.11. The van der Waals surface area contributed by atoms with E-state index in [0.717, 1.165) is 23.7 Å². The van der Waals surface area contributed by atoms with Crippen LogP contribution < -0.4 is 5.32 Å². The molecule has 5 heteroatoms. The largest absolute Gasteiger partial charge is 0.312 e. The van der Waals surface area contributed by atoms with Crippen LogP contribution in [-0.4, -0.2) is 11.5 Å². The Kier molecular flexibility index (Phi) is 4.32. The van der Waals surface area contributed by atoms with Gasteiger partial charge in [0.15, 0.2) is 0 Å². The van der Waals surface area contributed by atoms with Gasteiger partial charge in [0.05, 0.1) is 16.3 Å². The Morgan fingerprint density at radius 3 is 2.89 bits per heavy atom. The highest BCUT2D eigenvalue weighted by atomic mass is 35.5. The van der Waals surface area contributed by atoms with Crippen LogP contribution in [0.3, 0.4) is 0 Å². The van der Waals surface area contributed by atoms with Gasteiger partial charge < -0.3 is 5.32 Å². The van der Waals surface area contributed by atoms with Gasteiger partial charge in [-0.1, -0.05) is 24.6 Å². The predicted molar refractivity (Wildman–Crippen MR) is 74.6 cm³/mol. The van der Waals surface area contributed by atoms with E-state index in [-0.39, 0.29) is 5.82 Å². The molecular formula is C13H14ClFN2S. The molecule has 0 aliphatic rings. The summed E-state index contributed by atoms with van der Waals surface area (Å²) in [5.41, 5.74) is 1.32. The summed E-state index contributed by atoms with van der Waals surface area (Å²) in [5.74, 6) is -0.328. The molecule has 1 heterocycles. The van der Waals surface area contributed by atoms with Crippen LogP contribution in [0.2, 0.25) is 5.02 Å². The molecule has 0 unspecified atom stereocenters. The van der Waals surface area contributed by atoms with Gasteiger partial charge >= 0.3 is 0 Å². The summed E-state index contributed by atoms with van der Waals surface area (Å²) in [6.07, 6.45) is 0. The fourth-order valence-electron chi connectivity index (χ4n) is 1.64. The van der Waals surface area contributed by atoms with E-state index in [1.807, 2.05) is 13.8 Å². The summed E-state index contributed by atoms with van der Waals surface area (Å²) < 4.78 is 13.8. The van der Waals surface area contributed by atoms with Gasteiger partial charge in [-0.15, -0.1) is 11.3 Å². The summed E-state index contributed by atoms with van der Waals surface area (Å²) in [6.45, 7) is 5.63. The molecule has 1 N–H and O–H groups in total. The first kappa shape index (κ1) is 13.5. The number of aromatic nitrogens is 1. The molecule has 0 spiro atoms. The molecule has 1 aromatic carbocycles. The average Bonchev–Trinajstić information content (AvgIpc) is 2.67. The van der Waals surface area contributed by atoms with E-state index >= 15 is 0 Å². The first-order chi connectivity index (χ1) is 8.63. The zero-order valence-corrected chi connectivity index (χ0v) is 11.8. The number of aryl methyl sites for hydroxylation is 1. The number of halogens is 2. The second-order valence-electron chi connectivity index (χ2n) is 3.90. The van der Waals surface area contributed by atoms with Crippen LogP contribution >= 0.6 is 22.9 Å². The number of hydrogen-bond acceptors (Lipinski definition) is 3. The Balaban J connectivity index is 2.40. The maximum atomic E-state index is 13.8. The third-order valence-corrected chi connectivity index (χ3v) is 4.09. The van der Waals surface area contributed by atoms with Crippen LogP contribution in [0.15, 0.2) is 18.2 Å². The van der Waals surface area contributed by atoms with Gasteiger partial charge in [0.1, 0.15) is 10.8 Å². The minimum atomic E-state index is -0.328. The number of thiazole rings is 1. The zero-order valence-electron chi connectivity index (χ0n) is 10.3. The van der Waals surface area contributed by atoms with Gasteiger partial charge in [0, 0.05) is 11.4 Å². The fourth-order valence-corrected chi connectivity index (χ4v) is 3.04. The number of nitrogens with one attached hydrogen (secondary N) is 1. The van der Waals surface area contributed by atoms with Gasteiger partial charge in [0.25, 0.3) is 0 Å². The van der Waals surface area contributed by atoms with E-state index in [9.17, 15) is 4.39 Å². The monoisotopic (exact) mass is 284 g/mol. The molecular weight excluding hydrogens is 271 g/mol. The van der Waals surface area contributed by atoms with E-state index in [0.29, 0.717) is 15.6 Å². The van der Waals surface area contributed by atoms with Crippen molar-refractivity contribution in [2.45, 2.75) is 20.4 Å². The van der Waals surface area contributed by atoms with E-state index in [2.05, 4.69) is 10.3 Å². The summed E-state index contributed by atoms with van der Waals surface area (Å²) in [7, 11) is 0. The van der Waals surface area contributed by atoms with Gasteiger partial charge in [0.2, 0.25) is 0 Å². The van der Waals surface area contributed by atoms with Crippen molar-refractivity contribution in [3.8, 4) is 10.6 Å². The summed E-state index contributed by atoms with van der Waals surface area (Å²) in [4.78, 5) is 5.53. The summed E-state index contributed by atoms with van der Waals surface area (Å²) >= 11 is 7.52. The minimum Gasteiger partial charge on any atom is -0.312 e. The molecule has 0 saturated carbocycles. The molecule has 2 nitrogen and oxygen atoms in total. The van der Waals surface area contributed by atoms with Crippen LogP contribution in [0.4, 0.5) is 4.39 Å². The third-order valence-electron chi connectivity index (χ3n) is 2.60. The molecule has 0 radical (unpaired) electrons. The first-order valence-electron chi connectivity index (χ1n) is 5.75. The van der Waals surface area contributed by atoms with Gasteiger partial charge in [-0.05, 0) is 25.6 Å². The van der Waals surface area contributed by atoms with Crippen molar-refractivity contribution in [3.05, 3.63) is 39.6 Å². The second kappa shape index (κ2) is 5.78. The Morgan fingerprint density at radius 2 is 2.22 bits per heavy atom. The van der Waals surface area contributed by atoms with Crippen molar-refractivity contribution in [1.82, 2.24) is 10.3 Å². The SMILES string of the molecule is CCNCc1sc(-c2c(F)cccc2Cl)nc1C. The standard InChI is InChI=1S/C13H14ClFN2S/c1-3-16-7-11-8(2)17-13(18-11)12-9(14)5-4-6-10(12)15/h4-6,16H,3,7H2,1-2H3. The third kappa shape index (κ3) is 2.71. The zero-order chi connectivity index (χ0) is 13.1. The normalized spacial score (nSPS) is 10.9. The van der Waals surface area contributed by atoms with E-state index < -0.39 is 0 Å². The molecule has 2 aromatic rings. The van der Waals surface area contributed by atoms with Crippen LogP contribution in [0.1, 0.15) is 17.5 Å². The Hall–Kier alpha value is -0.970. The number of benzene rings is 1. The smallest absolute Gasteiger partial charge is 0.134 e. The quantitative estimate of drug-likeness (QED) is 0.917. The number of hydrogen-bond donors (Lipinski definition) is 1. The van der Waals surface area contributed by atoms with E-state index in [1.54, 1.807) is 12.1 Å². The first-order valence-corrected chi connectivity index (χ1v) is 6.94. The van der Waals surface area contributed by atoms with E-state index in [1.165, 1.54) is 17.4 Å². The molecule has 0 atom stereocenters. The summed E-state index contributed by atoms with van der Waals surface area (Å²) in [5, 5.41) is 4.29.